The highest BCUT2D eigenvalue weighted by Crippen LogP contribution is 2.16. The molecule has 0 bridgehead atoms. The number of carboxylic acid groups (broad SMARTS) is 2. The van der Waals surface area contributed by atoms with Gasteiger partial charge in [0.05, 0.1) is 13.2 Å². The van der Waals surface area contributed by atoms with Crippen molar-refractivity contribution in [2.24, 2.45) is 0 Å². The van der Waals surface area contributed by atoms with Crippen LogP contribution in [0, 0.1) is 0 Å². The van der Waals surface area contributed by atoms with E-state index in [1.165, 1.54) is 0 Å². The van der Waals surface area contributed by atoms with E-state index in [1.54, 1.807) is 8.61 Å². The molecule has 0 atom stereocenters. The van der Waals surface area contributed by atoms with Crippen LogP contribution in [0.2, 0.25) is 0 Å². The zero-order valence-electron chi connectivity index (χ0n) is 17.1. The molecule has 0 aromatic rings. The molecule has 3 saturated heterocycles. The third-order valence-corrected chi connectivity index (χ3v) is 6.69. The summed E-state index contributed by atoms with van der Waals surface area (Å²) in [5, 5.41) is 17.5. The number of ether oxygens (including phenoxy) is 1. The van der Waals surface area contributed by atoms with E-state index in [0.29, 0.717) is 45.4 Å². The van der Waals surface area contributed by atoms with Gasteiger partial charge in [-0.3, -0.25) is 4.90 Å². The van der Waals surface area contributed by atoms with E-state index < -0.39 is 34.5 Å². The van der Waals surface area contributed by atoms with Crippen LogP contribution in [0.4, 0.5) is 26.3 Å². The number of nitrogens with zero attached hydrogens (tertiary/aromatic N) is 3. The molecule has 0 aromatic heterocycles. The second-order valence-corrected chi connectivity index (χ2v) is 8.80. The number of rotatable bonds is 3. The number of hydrogen-bond donors (Lipinski definition) is 3. The molecule has 3 aliphatic rings. The average Bonchev–Trinajstić information content (AvgIpc) is 2.67. The summed E-state index contributed by atoms with van der Waals surface area (Å²) in [5.41, 5.74) is 0. The highest BCUT2D eigenvalue weighted by Gasteiger charge is 2.39. The van der Waals surface area contributed by atoms with Gasteiger partial charge >= 0.3 is 24.3 Å². The maximum Gasteiger partial charge on any atom is 0.490 e. The summed E-state index contributed by atoms with van der Waals surface area (Å²) in [6, 6.07) is 0.605. The SMILES string of the molecule is O=C(O)C(F)(F)F.O=C(O)C(F)(F)F.O=S(=O)(N1CCOCC1)N1CCN(C2CNC2)CC1. The Balaban J connectivity index is 0.000000324. The van der Waals surface area contributed by atoms with Crippen molar-refractivity contribution in [3.63, 3.8) is 0 Å². The van der Waals surface area contributed by atoms with Crippen molar-refractivity contribution in [3.8, 4) is 0 Å². The molecule has 0 saturated carbocycles. The van der Waals surface area contributed by atoms with Crippen LogP contribution in [0.15, 0.2) is 0 Å². The second kappa shape index (κ2) is 12.1. The molecular formula is C15H24F6N4O7S. The van der Waals surface area contributed by atoms with Gasteiger partial charge in [0.25, 0.3) is 10.2 Å². The number of carbonyl (C=O) groups is 2. The summed E-state index contributed by atoms with van der Waals surface area (Å²) in [6.45, 7) is 6.95. The Kier molecular flexibility index (Phi) is 10.8. The first-order valence-corrected chi connectivity index (χ1v) is 10.8. The highest BCUT2D eigenvalue weighted by molar-refractivity contribution is 7.86. The zero-order valence-corrected chi connectivity index (χ0v) is 17.9. The quantitative estimate of drug-likeness (QED) is 0.419. The van der Waals surface area contributed by atoms with E-state index in [-0.39, 0.29) is 0 Å². The molecule has 0 unspecified atom stereocenters. The molecule has 3 rings (SSSR count). The third-order valence-electron chi connectivity index (χ3n) is 4.66. The smallest absolute Gasteiger partial charge is 0.475 e. The van der Waals surface area contributed by atoms with Gasteiger partial charge in [-0.1, -0.05) is 0 Å². The predicted molar refractivity (Wildman–Crippen MR) is 98.5 cm³/mol. The van der Waals surface area contributed by atoms with Crippen molar-refractivity contribution in [3.05, 3.63) is 0 Å². The van der Waals surface area contributed by atoms with Crippen LogP contribution < -0.4 is 5.32 Å². The molecule has 0 radical (unpaired) electrons. The number of piperazine rings is 1. The summed E-state index contributed by atoms with van der Waals surface area (Å²) in [7, 11) is -3.28. The first-order valence-electron chi connectivity index (χ1n) is 9.44. The second-order valence-electron chi connectivity index (χ2n) is 6.87. The maximum absolute atomic E-state index is 12.5. The van der Waals surface area contributed by atoms with Gasteiger partial charge in [-0.05, 0) is 0 Å². The number of hydrogen-bond acceptors (Lipinski definition) is 7. The lowest BCUT2D eigenvalue weighted by Gasteiger charge is -2.43. The first kappa shape index (κ1) is 29.3. The minimum Gasteiger partial charge on any atom is -0.475 e. The van der Waals surface area contributed by atoms with E-state index in [4.69, 9.17) is 24.5 Å². The van der Waals surface area contributed by atoms with Crippen LogP contribution in [-0.2, 0) is 24.5 Å². The maximum atomic E-state index is 12.5. The van der Waals surface area contributed by atoms with Crippen molar-refractivity contribution >= 4 is 22.1 Å². The topological polar surface area (TPSA) is 140 Å². The zero-order chi connectivity index (χ0) is 25.4. The van der Waals surface area contributed by atoms with Gasteiger partial charge in [0.15, 0.2) is 0 Å². The Morgan fingerprint density at radius 3 is 1.45 bits per heavy atom. The lowest BCUT2D eigenvalue weighted by atomic mass is 10.1. The Bertz CT molecular complexity index is 723. The first-order chi connectivity index (χ1) is 15.1. The normalized spacial score (nSPS) is 21.6. The minimum absolute atomic E-state index is 0.481. The summed E-state index contributed by atoms with van der Waals surface area (Å²) in [5.74, 6) is -5.51. The monoisotopic (exact) mass is 518 g/mol. The standard InChI is InChI=1S/C11H22N4O3S.2C2HF3O2/c16-19(17,15-5-7-18-8-6-15)14-3-1-13(2-4-14)11-9-12-10-11;2*3-2(4,5)1(6)7/h11-12H,1-10H2;2*(H,6,7). The Hall–Kier alpha value is -1.73. The molecule has 0 amide bonds. The fourth-order valence-electron chi connectivity index (χ4n) is 2.77. The van der Waals surface area contributed by atoms with Crippen molar-refractivity contribution < 1.29 is 59.3 Å². The number of halogens is 6. The van der Waals surface area contributed by atoms with Gasteiger partial charge in [-0.25, -0.2) is 9.59 Å². The van der Waals surface area contributed by atoms with Gasteiger partial charge < -0.3 is 20.3 Å². The molecule has 11 nitrogen and oxygen atoms in total. The van der Waals surface area contributed by atoms with E-state index in [2.05, 4.69) is 10.2 Å². The molecule has 18 heteroatoms. The lowest BCUT2D eigenvalue weighted by molar-refractivity contribution is -0.193. The van der Waals surface area contributed by atoms with Crippen LogP contribution >= 0.6 is 0 Å². The molecule has 3 heterocycles. The molecule has 3 fully saturated rings. The fourth-order valence-corrected chi connectivity index (χ4v) is 4.33. The number of morpholine rings is 1. The van der Waals surface area contributed by atoms with Crippen LogP contribution in [0.25, 0.3) is 0 Å². The largest absolute Gasteiger partial charge is 0.490 e. The van der Waals surface area contributed by atoms with Crippen LogP contribution in [0.1, 0.15) is 0 Å². The Morgan fingerprint density at radius 2 is 1.15 bits per heavy atom. The highest BCUT2D eigenvalue weighted by atomic mass is 32.2. The van der Waals surface area contributed by atoms with Crippen molar-refractivity contribution in [1.82, 2.24) is 18.8 Å². The lowest BCUT2D eigenvalue weighted by Crippen LogP contribution is -2.63. The van der Waals surface area contributed by atoms with E-state index in [0.717, 1.165) is 26.2 Å². The molecule has 0 aliphatic carbocycles. The number of nitrogens with one attached hydrogen (secondary N) is 1. The van der Waals surface area contributed by atoms with E-state index in [9.17, 15) is 34.8 Å². The van der Waals surface area contributed by atoms with Gasteiger partial charge in [-0.2, -0.15) is 43.4 Å². The average molecular weight is 518 g/mol. The number of carboxylic acids is 2. The van der Waals surface area contributed by atoms with Crippen molar-refractivity contribution in [2.75, 3.05) is 65.6 Å². The van der Waals surface area contributed by atoms with Crippen LogP contribution in [0.5, 0.6) is 0 Å². The molecule has 0 spiro atoms. The number of aliphatic carboxylic acids is 2. The molecule has 3 N–H and O–H groups in total. The molecular weight excluding hydrogens is 494 g/mol. The predicted octanol–water partition coefficient (Wildman–Crippen LogP) is -0.581. The summed E-state index contributed by atoms with van der Waals surface area (Å²) in [4.78, 5) is 20.2. The molecule has 33 heavy (non-hydrogen) atoms. The van der Waals surface area contributed by atoms with Gasteiger partial charge in [0.1, 0.15) is 0 Å². The summed E-state index contributed by atoms with van der Waals surface area (Å²) < 4.78 is 96.8. The van der Waals surface area contributed by atoms with Crippen LogP contribution in [0.3, 0.4) is 0 Å². The molecule has 0 aromatic carbocycles. The number of alkyl halides is 6. The molecule has 194 valence electrons. The molecule has 3 aliphatic heterocycles. The minimum atomic E-state index is -5.08. The third kappa shape index (κ3) is 9.57. The van der Waals surface area contributed by atoms with Gasteiger partial charge in [0.2, 0.25) is 0 Å². The Labute approximate surface area is 185 Å². The van der Waals surface area contributed by atoms with E-state index in [1.807, 2.05) is 0 Å². The van der Waals surface area contributed by atoms with Crippen LogP contribution in [-0.4, -0.2) is 128 Å². The van der Waals surface area contributed by atoms with E-state index >= 15 is 0 Å². The van der Waals surface area contributed by atoms with Crippen molar-refractivity contribution in [1.29, 1.82) is 0 Å². The summed E-state index contributed by atoms with van der Waals surface area (Å²) >= 11 is 0. The van der Waals surface area contributed by atoms with Crippen molar-refractivity contribution in [2.45, 2.75) is 18.4 Å². The Morgan fingerprint density at radius 1 is 0.788 bits per heavy atom. The van der Waals surface area contributed by atoms with Gasteiger partial charge in [-0.15, -0.1) is 0 Å². The summed E-state index contributed by atoms with van der Waals surface area (Å²) in [6.07, 6.45) is -10.2. The fraction of sp³-hybridized carbons (Fsp3) is 0.867. The van der Waals surface area contributed by atoms with Gasteiger partial charge in [0, 0.05) is 58.4 Å².